The van der Waals surface area contributed by atoms with E-state index in [0.717, 1.165) is 17.1 Å². The van der Waals surface area contributed by atoms with Gasteiger partial charge < -0.3 is 4.74 Å². The highest BCUT2D eigenvalue weighted by Gasteiger charge is 2.19. The summed E-state index contributed by atoms with van der Waals surface area (Å²) >= 11 is 1.07. The number of hydrogen-bond donors (Lipinski definition) is 0. The van der Waals surface area contributed by atoms with Crippen molar-refractivity contribution in [3.8, 4) is 11.3 Å². The van der Waals surface area contributed by atoms with Gasteiger partial charge in [0, 0.05) is 5.56 Å². The molecule has 0 aliphatic rings. The van der Waals surface area contributed by atoms with E-state index in [1.165, 1.54) is 0 Å². The summed E-state index contributed by atoms with van der Waals surface area (Å²) in [6.07, 6.45) is 0. The number of ether oxygens (including phenoxy) is 1. The Kier molecular flexibility index (Phi) is 4.04. The van der Waals surface area contributed by atoms with E-state index in [9.17, 15) is 4.79 Å². The van der Waals surface area contributed by atoms with Crippen LogP contribution in [0, 0.1) is 5.92 Å². The summed E-state index contributed by atoms with van der Waals surface area (Å²) < 4.78 is 9.04. The zero-order chi connectivity index (χ0) is 13.0. The molecule has 0 spiro atoms. The summed E-state index contributed by atoms with van der Waals surface area (Å²) in [4.78, 5) is 12.4. The molecule has 0 saturated carbocycles. The molecule has 0 bridgehead atoms. The van der Waals surface area contributed by atoms with E-state index in [2.05, 4.69) is 9.59 Å². The van der Waals surface area contributed by atoms with Gasteiger partial charge in [-0.05, 0) is 17.5 Å². The normalized spacial score (nSPS) is 10.6. The minimum Gasteiger partial charge on any atom is -0.461 e. The van der Waals surface area contributed by atoms with Crippen LogP contribution in [0.15, 0.2) is 30.3 Å². The topological polar surface area (TPSA) is 52.1 Å². The van der Waals surface area contributed by atoms with Crippen LogP contribution in [0.3, 0.4) is 0 Å². The molecule has 0 amide bonds. The average molecular weight is 262 g/mol. The summed E-state index contributed by atoms with van der Waals surface area (Å²) in [5, 5.41) is 4.00. The lowest BCUT2D eigenvalue weighted by Crippen LogP contribution is -2.09. The second-order valence-electron chi connectivity index (χ2n) is 4.31. The fraction of sp³-hybridized carbons (Fsp3) is 0.308. The number of hydrogen-bond acceptors (Lipinski definition) is 5. The van der Waals surface area contributed by atoms with Crippen molar-refractivity contribution in [2.24, 2.45) is 5.92 Å². The average Bonchev–Trinajstić information content (AvgIpc) is 2.86. The zero-order valence-corrected chi connectivity index (χ0v) is 11.1. The second-order valence-corrected chi connectivity index (χ2v) is 5.06. The molecule has 0 aliphatic heterocycles. The van der Waals surface area contributed by atoms with Crippen LogP contribution in [-0.4, -0.2) is 22.2 Å². The number of nitrogens with zero attached hydrogens (tertiary/aromatic N) is 2. The van der Waals surface area contributed by atoms with E-state index in [0.29, 0.717) is 23.1 Å². The number of benzene rings is 1. The van der Waals surface area contributed by atoms with Gasteiger partial charge in [-0.2, -0.15) is 0 Å². The zero-order valence-electron chi connectivity index (χ0n) is 10.3. The quantitative estimate of drug-likeness (QED) is 0.795. The van der Waals surface area contributed by atoms with Crippen LogP contribution < -0.4 is 0 Å². The number of carbonyl (C=O) groups excluding carboxylic acids is 1. The highest BCUT2D eigenvalue weighted by atomic mass is 32.1. The molecule has 1 aromatic heterocycles. The maximum Gasteiger partial charge on any atom is 0.352 e. The molecule has 1 aromatic carbocycles. The van der Waals surface area contributed by atoms with E-state index >= 15 is 0 Å². The molecule has 94 valence electrons. The molecule has 0 N–H and O–H groups in total. The molecular weight excluding hydrogens is 248 g/mol. The van der Waals surface area contributed by atoms with Crippen molar-refractivity contribution in [2.75, 3.05) is 6.61 Å². The molecule has 0 radical (unpaired) electrons. The van der Waals surface area contributed by atoms with Crippen LogP contribution in [0.4, 0.5) is 0 Å². The van der Waals surface area contributed by atoms with E-state index in [1.54, 1.807) is 0 Å². The third-order valence-electron chi connectivity index (χ3n) is 2.27. The first-order valence-corrected chi connectivity index (χ1v) is 6.50. The first-order chi connectivity index (χ1) is 8.68. The van der Waals surface area contributed by atoms with Gasteiger partial charge in [-0.1, -0.05) is 48.7 Å². The van der Waals surface area contributed by atoms with Gasteiger partial charge in [0.2, 0.25) is 0 Å². The molecule has 0 fully saturated rings. The molecule has 18 heavy (non-hydrogen) atoms. The second kappa shape index (κ2) is 5.73. The van der Waals surface area contributed by atoms with Crippen molar-refractivity contribution in [2.45, 2.75) is 13.8 Å². The maximum absolute atomic E-state index is 11.9. The van der Waals surface area contributed by atoms with Crippen molar-refractivity contribution in [3.05, 3.63) is 35.2 Å². The third-order valence-corrected chi connectivity index (χ3v) is 2.97. The van der Waals surface area contributed by atoms with E-state index in [-0.39, 0.29) is 5.97 Å². The summed E-state index contributed by atoms with van der Waals surface area (Å²) in [5.74, 6) is -0.0347. The maximum atomic E-state index is 11.9. The van der Waals surface area contributed by atoms with Gasteiger partial charge in [0.1, 0.15) is 5.69 Å². The number of rotatable bonds is 4. The standard InChI is InChI=1S/C13H14N2O2S/c1-9(2)8-17-13(16)12-11(14-15-18-12)10-6-4-3-5-7-10/h3-7,9H,8H2,1-2H3. The summed E-state index contributed by atoms with van der Waals surface area (Å²) in [6.45, 7) is 4.40. The summed E-state index contributed by atoms with van der Waals surface area (Å²) in [6, 6.07) is 9.52. The molecule has 0 aliphatic carbocycles. The molecule has 0 unspecified atom stereocenters. The van der Waals surface area contributed by atoms with Crippen molar-refractivity contribution < 1.29 is 9.53 Å². The monoisotopic (exact) mass is 262 g/mol. The fourth-order valence-electron chi connectivity index (χ4n) is 1.42. The lowest BCUT2D eigenvalue weighted by atomic mass is 10.1. The molecule has 0 saturated heterocycles. The molecule has 2 aromatic rings. The van der Waals surface area contributed by atoms with Gasteiger partial charge in [-0.3, -0.25) is 0 Å². The van der Waals surface area contributed by atoms with Crippen LogP contribution in [0.25, 0.3) is 11.3 Å². The molecule has 4 nitrogen and oxygen atoms in total. The van der Waals surface area contributed by atoms with Gasteiger partial charge >= 0.3 is 5.97 Å². The van der Waals surface area contributed by atoms with Gasteiger partial charge in [0.05, 0.1) is 6.61 Å². The highest BCUT2D eigenvalue weighted by molar-refractivity contribution is 7.08. The van der Waals surface area contributed by atoms with Crippen molar-refractivity contribution in [3.63, 3.8) is 0 Å². The van der Waals surface area contributed by atoms with Gasteiger partial charge in [-0.25, -0.2) is 4.79 Å². The number of esters is 1. The largest absolute Gasteiger partial charge is 0.461 e. The lowest BCUT2D eigenvalue weighted by Gasteiger charge is -2.06. The molecule has 2 rings (SSSR count). The van der Waals surface area contributed by atoms with Crippen LogP contribution >= 0.6 is 11.5 Å². The third kappa shape index (κ3) is 2.92. The Labute approximate surface area is 110 Å². The van der Waals surface area contributed by atoms with E-state index in [4.69, 9.17) is 4.74 Å². The first kappa shape index (κ1) is 12.7. The predicted molar refractivity (Wildman–Crippen MR) is 70.5 cm³/mol. The number of aromatic nitrogens is 2. The summed E-state index contributed by atoms with van der Waals surface area (Å²) in [7, 11) is 0. The number of carbonyl (C=O) groups is 1. The Morgan fingerprint density at radius 2 is 2.06 bits per heavy atom. The predicted octanol–water partition coefficient (Wildman–Crippen LogP) is 3.02. The van der Waals surface area contributed by atoms with Crippen LogP contribution in [-0.2, 0) is 4.74 Å². The Balaban J connectivity index is 2.20. The Morgan fingerprint density at radius 3 is 2.72 bits per heavy atom. The Hall–Kier alpha value is -1.75. The van der Waals surface area contributed by atoms with Crippen LogP contribution in [0.5, 0.6) is 0 Å². The Morgan fingerprint density at radius 1 is 1.33 bits per heavy atom. The van der Waals surface area contributed by atoms with E-state index in [1.807, 2.05) is 44.2 Å². The highest BCUT2D eigenvalue weighted by Crippen LogP contribution is 2.24. The molecular formula is C13H14N2O2S. The van der Waals surface area contributed by atoms with E-state index < -0.39 is 0 Å². The van der Waals surface area contributed by atoms with Gasteiger partial charge in [0.25, 0.3) is 0 Å². The Bertz CT molecular complexity index is 523. The fourth-order valence-corrected chi connectivity index (χ4v) is 2.00. The minimum atomic E-state index is -0.349. The van der Waals surface area contributed by atoms with Crippen molar-refractivity contribution in [1.82, 2.24) is 9.59 Å². The minimum absolute atomic E-state index is 0.315. The van der Waals surface area contributed by atoms with Crippen molar-refractivity contribution in [1.29, 1.82) is 0 Å². The summed E-state index contributed by atoms with van der Waals surface area (Å²) in [5.41, 5.74) is 1.47. The SMILES string of the molecule is CC(C)COC(=O)c1snnc1-c1ccccc1. The van der Waals surface area contributed by atoms with Crippen LogP contribution in [0.2, 0.25) is 0 Å². The molecule has 0 atom stereocenters. The van der Waals surface area contributed by atoms with Crippen molar-refractivity contribution >= 4 is 17.5 Å². The van der Waals surface area contributed by atoms with Gasteiger partial charge in [-0.15, -0.1) is 5.10 Å². The molecule has 1 heterocycles. The lowest BCUT2D eigenvalue weighted by molar-refractivity contribution is 0.0465. The first-order valence-electron chi connectivity index (χ1n) is 5.73. The van der Waals surface area contributed by atoms with Gasteiger partial charge in [0.15, 0.2) is 4.88 Å². The smallest absolute Gasteiger partial charge is 0.352 e. The molecule has 5 heteroatoms. The van der Waals surface area contributed by atoms with Crippen LogP contribution in [0.1, 0.15) is 23.5 Å².